The summed E-state index contributed by atoms with van der Waals surface area (Å²) in [5.41, 5.74) is 0. The van der Waals surface area contributed by atoms with Gasteiger partial charge in [-0.2, -0.15) is 0 Å². The van der Waals surface area contributed by atoms with Gasteiger partial charge in [-0.3, -0.25) is 9.59 Å². The molecule has 0 aromatic heterocycles. The van der Waals surface area contributed by atoms with E-state index in [1.807, 2.05) is 24.3 Å². The van der Waals surface area contributed by atoms with E-state index in [9.17, 15) is 9.59 Å². The Labute approximate surface area is 70.0 Å². The molecule has 0 amide bonds. The first kappa shape index (κ1) is 6.35. The van der Waals surface area contributed by atoms with Crippen LogP contribution in [0.4, 0.5) is 0 Å². The Bertz CT molecular complexity index is 276. The smallest absolute Gasteiger partial charge is 0.148 e. The van der Waals surface area contributed by atoms with E-state index in [2.05, 4.69) is 0 Å². The maximum atomic E-state index is 11.5. The molecule has 0 saturated heterocycles. The first-order chi connectivity index (χ1) is 5.79. The highest BCUT2D eigenvalue weighted by Gasteiger charge is 2.51. The molecule has 60 valence electrons. The lowest BCUT2D eigenvalue weighted by molar-refractivity contribution is -0.137. The summed E-state index contributed by atoms with van der Waals surface area (Å²) in [5, 5.41) is 0. The van der Waals surface area contributed by atoms with E-state index in [4.69, 9.17) is 0 Å². The third-order valence-electron chi connectivity index (χ3n) is 3.14. The van der Waals surface area contributed by atoms with E-state index in [0.717, 1.165) is 0 Å². The zero-order valence-corrected chi connectivity index (χ0v) is 6.44. The van der Waals surface area contributed by atoms with Crippen LogP contribution in [-0.2, 0) is 9.59 Å². The van der Waals surface area contributed by atoms with Crippen molar-refractivity contribution in [3.8, 4) is 0 Å². The molecule has 2 heteroatoms. The van der Waals surface area contributed by atoms with Crippen molar-refractivity contribution < 1.29 is 9.59 Å². The van der Waals surface area contributed by atoms with Crippen LogP contribution in [0.15, 0.2) is 24.3 Å². The van der Waals surface area contributed by atoms with Gasteiger partial charge in [0.1, 0.15) is 11.6 Å². The lowest BCUT2D eigenvalue weighted by Crippen LogP contribution is -2.38. The van der Waals surface area contributed by atoms with Crippen LogP contribution in [0.25, 0.3) is 0 Å². The third kappa shape index (κ3) is 0.501. The van der Waals surface area contributed by atoms with Crippen LogP contribution in [0.3, 0.4) is 0 Å². The van der Waals surface area contributed by atoms with Crippen molar-refractivity contribution >= 4 is 11.6 Å². The van der Waals surface area contributed by atoms with Crippen LogP contribution in [-0.4, -0.2) is 11.6 Å². The summed E-state index contributed by atoms with van der Waals surface area (Å²) in [6.07, 6.45) is 7.61. The third-order valence-corrected chi connectivity index (χ3v) is 3.14. The van der Waals surface area contributed by atoms with Gasteiger partial charge in [-0.25, -0.2) is 0 Å². The molecule has 3 rings (SSSR count). The van der Waals surface area contributed by atoms with E-state index in [0.29, 0.717) is 0 Å². The van der Waals surface area contributed by atoms with E-state index in [1.54, 1.807) is 0 Å². The van der Waals surface area contributed by atoms with Crippen LogP contribution in [0.1, 0.15) is 0 Å². The zero-order chi connectivity index (χ0) is 8.29. The molecule has 3 aliphatic carbocycles. The zero-order valence-electron chi connectivity index (χ0n) is 6.44. The number of Topliss-reactive ketones (excluding diaryl/α,β-unsaturated/α-hetero) is 2. The van der Waals surface area contributed by atoms with Crippen molar-refractivity contribution in [3.05, 3.63) is 24.3 Å². The highest BCUT2D eigenvalue weighted by atomic mass is 16.1. The summed E-state index contributed by atoms with van der Waals surface area (Å²) >= 11 is 0. The molecule has 4 unspecified atom stereocenters. The number of fused-ring (bicyclic) bond motifs is 6. The Balaban J connectivity index is 2.18. The van der Waals surface area contributed by atoms with Crippen LogP contribution in [0, 0.1) is 23.7 Å². The van der Waals surface area contributed by atoms with Crippen molar-refractivity contribution in [2.45, 2.75) is 0 Å². The summed E-state index contributed by atoms with van der Waals surface area (Å²) in [6, 6.07) is 0. The fraction of sp³-hybridized carbons (Fsp3) is 0.400. The van der Waals surface area contributed by atoms with Gasteiger partial charge in [0.15, 0.2) is 0 Å². The van der Waals surface area contributed by atoms with Gasteiger partial charge in [0.25, 0.3) is 0 Å². The Morgan fingerprint density at radius 2 is 0.917 bits per heavy atom. The van der Waals surface area contributed by atoms with Crippen molar-refractivity contribution in [2.24, 2.45) is 23.7 Å². The van der Waals surface area contributed by atoms with Crippen LogP contribution in [0.5, 0.6) is 0 Å². The van der Waals surface area contributed by atoms with Gasteiger partial charge in [-0.05, 0) is 0 Å². The monoisotopic (exact) mass is 160 g/mol. The second kappa shape index (κ2) is 1.76. The highest BCUT2D eigenvalue weighted by Crippen LogP contribution is 2.44. The van der Waals surface area contributed by atoms with Crippen molar-refractivity contribution in [1.82, 2.24) is 0 Å². The molecule has 1 saturated carbocycles. The molecule has 0 spiro atoms. The summed E-state index contributed by atoms with van der Waals surface area (Å²) in [7, 11) is 0. The van der Waals surface area contributed by atoms with E-state index in [-0.39, 0.29) is 35.2 Å². The number of ketones is 2. The summed E-state index contributed by atoms with van der Waals surface area (Å²) in [5.74, 6) is -0.0193. The predicted octanol–water partition coefficient (Wildman–Crippen LogP) is 0.743. The van der Waals surface area contributed by atoms with E-state index < -0.39 is 0 Å². The number of carbonyl (C=O) groups is 2. The fourth-order valence-corrected chi connectivity index (χ4v) is 2.49. The molecule has 1 fully saturated rings. The second-order valence-electron chi connectivity index (χ2n) is 3.68. The van der Waals surface area contributed by atoms with E-state index >= 15 is 0 Å². The molecule has 12 heavy (non-hydrogen) atoms. The predicted molar refractivity (Wildman–Crippen MR) is 42.3 cm³/mol. The lowest BCUT2D eigenvalue weighted by Gasteiger charge is -2.24. The lowest BCUT2D eigenvalue weighted by atomic mass is 9.76. The maximum Gasteiger partial charge on any atom is 0.148 e. The number of carbonyl (C=O) groups excluding carboxylic acids is 2. The molecule has 3 aliphatic rings. The molecule has 0 aromatic carbocycles. The van der Waals surface area contributed by atoms with Crippen molar-refractivity contribution in [3.63, 3.8) is 0 Å². The Morgan fingerprint density at radius 3 is 1.17 bits per heavy atom. The summed E-state index contributed by atoms with van der Waals surface area (Å²) in [6.45, 7) is 0. The van der Waals surface area contributed by atoms with Crippen LogP contribution < -0.4 is 0 Å². The number of rotatable bonds is 0. The average Bonchev–Trinajstić information content (AvgIpc) is 2.41. The summed E-state index contributed by atoms with van der Waals surface area (Å²) in [4.78, 5) is 23.1. The van der Waals surface area contributed by atoms with Gasteiger partial charge < -0.3 is 0 Å². The molecule has 0 N–H and O–H groups in total. The van der Waals surface area contributed by atoms with Crippen LogP contribution >= 0.6 is 0 Å². The topological polar surface area (TPSA) is 34.1 Å². The molecule has 4 bridgehead atoms. The van der Waals surface area contributed by atoms with Gasteiger partial charge >= 0.3 is 0 Å². The normalized spacial score (nSPS) is 47.7. The largest absolute Gasteiger partial charge is 0.298 e. The Hall–Kier alpha value is -1.18. The Kier molecular flexibility index (Phi) is 0.932. The summed E-state index contributed by atoms with van der Waals surface area (Å²) < 4.78 is 0. The van der Waals surface area contributed by atoms with Gasteiger partial charge in [0.05, 0.1) is 0 Å². The molecule has 0 aromatic rings. The molecule has 0 heterocycles. The molecule has 4 atom stereocenters. The SMILES string of the molecule is O=C1C2C=CC1C1C=CC2C1=O. The first-order valence-corrected chi connectivity index (χ1v) is 4.23. The number of hydrogen-bond acceptors (Lipinski definition) is 2. The van der Waals surface area contributed by atoms with Gasteiger partial charge in [-0.15, -0.1) is 0 Å². The van der Waals surface area contributed by atoms with Gasteiger partial charge in [0.2, 0.25) is 0 Å². The standard InChI is InChI=1S/C10H8O2/c11-9-5-1-2-6(9)8-4-3-7(5)10(8)12/h1-8H. The van der Waals surface area contributed by atoms with Crippen LogP contribution in [0.2, 0.25) is 0 Å². The van der Waals surface area contributed by atoms with Crippen molar-refractivity contribution in [2.75, 3.05) is 0 Å². The minimum atomic E-state index is -0.127. The molecular weight excluding hydrogens is 152 g/mol. The van der Waals surface area contributed by atoms with Gasteiger partial charge in [0, 0.05) is 23.7 Å². The van der Waals surface area contributed by atoms with Gasteiger partial charge in [-0.1, -0.05) is 24.3 Å². The average molecular weight is 160 g/mol. The van der Waals surface area contributed by atoms with Crippen molar-refractivity contribution in [1.29, 1.82) is 0 Å². The van der Waals surface area contributed by atoms with E-state index in [1.165, 1.54) is 0 Å². The minimum Gasteiger partial charge on any atom is -0.298 e. The maximum absolute atomic E-state index is 11.5. The molecule has 0 aliphatic heterocycles. The Morgan fingerprint density at radius 1 is 0.667 bits per heavy atom. The number of allylic oxidation sites excluding steroid dienone is 4. The quantitative estimate of drug-likeness (QED) is 0.490. The highest BCUT2D eigenvalue weighted by molar-refractivity contribution is 6.06. The second-order valence-corrected chi connectivity index (χ2v) is 3.68. The minimum absolute atomic E-state index is 0.127. The molecular formula is C10H8O2. The first-order valence-electron chi connectivity index (χ1n) is 4.23. The fourth-order valence-electron chi connectivity index (χ4n) is 2.49. The molecule has 2 nitrogen and oxygen atoms in total. The molecule has 0 radical (unpaired) electrons. The number of hydrogen-bond donors (Lipinski definition) is 0.